The molecule has 2 saturated heterocycles. The van der Waals surface area contributed by atoms with Gasteiger partial charge >= 0.3 is 0 Å². The molecule has 3 nitrogen and oxygen atoms in total. The molecule has 3 rings (SSSR count). The number of piperidine rings is 1. The SMILES string of the molecule is CCCC[C@]1(c2ccccc2)OC[C@H]([C@@H]2CCCCN2)O1. The molecule has 116 valence electrons. The molecule has 0 amide bonds. The van der Waals surface area contributed by atoms with Crippen molar-refractivity contribution < 1.29 is 9.47 Å². The van der Waals surface area contributed by atoms with Crippen LogP contribution in [0.5, 0.6) is 0 Å². The lowest BCUT2D eigenvalue weighted by Gasteiger charge is -2.32. The van der Waals surface area contributed by atoms with Crippen LogP contribution in [0.1, 0.15) is 51.0 Å². The molecule has 0 aromatic heterocycles. The highest BCUT2D eigenvalue weighted by molar-refractivity contribution is 5.21. The Balaban J connectivity index is 1.75. The molecule has 3 atom stereocenters. The van der Waals surface area contributed by atoms with E-state index >= 15 is 0 Å². The molecule has 3 heteroatoms. The fourth-order valence-electron chi connectivity index (χ4n) is 3.45. The van der Waals surface area contributed by atoms with Crippen molar-refractivity contribution in [2.24, 2.45) is 0 Å². The molecule has 21 heavy (non-hydrogen) atoms. The monoisotopic (exact) mass is 289 g/mol. The summed E-state index contributed by atoms with van der Waals surface area (Å²) in [7, 11) is 0. The van der Waals surface area contributed by atoms with E-state index in [0.29, 0.717) is 12.6 Å². The summed E-state index contributed by atoms with van der Waals surface area (Å²) in [4.78, 5) is 0. The van der Waals surface area contributed by atoms with Crippen LogP contribution in [0.3, 0.4) is 0 Å². The van der Waals surface area contributed by atoms with Gasteiger partial charge in [-0.1, -0.05) is 50.1 Å². The molecule has 0 radical (unpaired) electrons. The lowest BCUT2D eigenvalue weighted by atomic mass is 9.99. The minimum Gasteiger partial charge on any atom is -0.343 e. The molecule has 2 aliphatic heterocycles. The van der Waals surface area contributed by atoms with E-state index in [1.807, 2.05) is 6.07 Å². The second-order valence-electron chi connectivity index (χ2n) is 6.25. The molecule has 2 fully saturated rings. The topological polar surface area (TPSA) is 30.5 Å². The minimum atomic E-state index is -0.527. The van der Waals surface area contributed by atoms with Crippen molar-refractivity contribution in [3.8, 4) is 0 Å². The van der Waals surface area contributed by atoms with E-state index in [-0.39, 0.29) is 6.10 Å². The summed E-state index contributed by atoms with van der Waals surface area (Å²) in [5.41, 5.74) is 1.16. The Morgan fingerprint density at radius 3 is 2.81 bits per heavy atom. The summed E-state index contributed by atoms with van der Waals surface area (Å²) < 4.78 is 12.7. The lowest BCUT2D eigenvalue weighted by molar-refractivity contribution is -0.185. The average Bonchev–Trinajstić information content (AvgIpc) is 3.00. The van der Waals surface area contributed by atoms with Gasteiger partial charge in [-0.05, 0) is 25.8 Å². The highest BCUT2D eigenvalue weighted by atomic mass is 16.7. The molecule has 1 N–H and O–H groups in total. The van der Waals surface area contributed by atoms with Crippen LogP contribution in [0.4, 0.5) is 0 Å². The average molecular weight is 289 g/mol. The van der Waals surface area contributed by atoms with Gasteiger partial charge in [-0.25, -0.2) is 0 Å². The van der Waals surface area contributed by atoms with Gasteiger partial charge in [-0.3, -0.25) is 0 Å². The van der Waals surface area contributed by atoms with Crippen LogP contribution < -0.4 is 5.32 Å². The van der Waals surface area contributed by atoms with Gasteiger partial charge in [-0.2, -0.15) is 0 Å². The van der Waals surface area contributed by atoms with Gasteiger partial charge in [0, 0.05) is 18.0 Å². The van der Waals surface area contributed by atoms with Gasteiger partial charge in [0.15, 0.2) is 5.79 Å². The Labute approximate surface area is 128 Å². The van der Waals surface area contributed by atoms with E-state index in [0.717, 1.165) is 31.4 Å². The first kappa shape index (κ1) is 15.0. The maximum atomic E-state index is 6.49. The van der Waals surface area contributed by atoms with E-state index in [1.54, 1.807) is 0 Å². The number of hydrogen-bond donors (Lipinski definition) is 1. The van der Waals surface area contributed by atoms with E-state index in [1.165, 1.54) is 19.3 Å². The number of benzene rings is 1. The molecular formula is C18H27NO2. The van der Waals surface area contributed by atoms with Crippen LogP contribution in [0.15, 0.2) is 30.3 Å². The largest absolute Gasteiger partial charge is 0.343 e. The fourth-order valence-corrected chi connectivity index (χ4v) is 3.45. The molecule has 2 aliphatic rings. The molecular weight excluding hydrogens is 262 g/mol. The van der Waals surface area contributed by atoms with E-state index in [2.05, 4.69) is 36.5 Å². The first-order valence-electron chi connectivity index (χ1n) is 8.45. The smallest absolute Gasteiger partial charge is 0.195 e. The molecule has 0 bridgehead atoms. The molecule has 0 saturated carbocycles. The van der Waals surface area contributed by atoms with Gasteiger partial charge in [0.1, 0.15) is 6.10 Å². The Morgan fingerprint density at radius 1 is 1.24 bits per heavy atom. The van der Waals surface area contributed by atoms with Gasteiger partial charge in [0.2, 0.25) is 0 Å². The zero-order valence-corrected chi connectivity index (χ0v) is 13.0. The number of nitrogens with one attached hydrogen (secondary N) is 1. The second-order valence-corrected chi connectivity index (χ2v) is 6.25. The Kier molecular flexibility index (Phi) is 4.94. The Morgan fingerprint density at radius 2 is 2.10 bits per heavy atom. The van der Waals surface area contributed by atoms with Crippen molar-refractivity contribution in [3.63, 3.8) is 0 Å². The fraction of sp³-hybridized carbons (Fsp3) is 0.667. The molecule has 1 aromatic rings. The number of unbranched alkanes of at least 4 members (excludes halogenated alkanes) is 1. The predicted octanol–water partition coefficient (Wildman–Crippen LogP) is 3.59. The summed E-state index contributed by atoms with van der Waals surface area (Å²) in [6.07, 6.45) is 7.19. The maximum absolute atomic E-state index is 6.49. The molecule has 2 heterocycles. The summed E-state index contributed by atoms with van der Waals surface area (Å²) in [5.74, 6) is -0.527. The van der Waals surface area contributed by atoms with Gasteiger partial charge in [0.25, 0.3) is 0 Å². The summed E-state index contributed by atoms with van der Waals surface area (Å²) in [6.45, 7) is 4.03. The molecule has 0 spiro atoms. The van der Waals surface area contributed by atoms with Crippen molar-refractivity contribution in [1.29, 1.82) is 0 Å². The standard InChI is InChI=1S/C18H27NO2/c1-2-3-12-18(15-9-5-4-6-10-15)20-14-17(21-18)16-11-7-8-13-19-16/h4-6,9-10,16-17,19H,2-3,7-8,11-14H2,1H3/t16-,17+,18-/m0/s1. The third kappa shape index (κ3) is 3.31. The molecule has 0 aliphatic carbocycles. The van der Waals surface area contributed by atoms with Crippen molar-refractivity contribution in [1.82, 2.24) is 5.32 Å². The van der Waals surface area contributed by atoms with Crippen LogP contribution in [0, 0.1) is 0 Å². The normalized spacial score (nSPS) is 33.2. The van der Waals surface area contributed by atoms with Gasteiger partial charge < -0.3 is 14.8 Å². The predicted molar refractivity (Wildman–Crippen MR) is 84.1 cm³/mol. The van der Waals surface area contributed by atoms with E-state index in [4.69, 9.17) is 9.47 Å². The van der Waals surface area contributed by atoms with Gasteiger partial charge in [-0.15, -0.1) is 0 Å². The summed E-state index contributed by atoms with van der Waals surface area (Å²) >= 11 is 0. The first-order chi connectivity index (χ1) is 10.3. The first-order valence-corrected chi connectivity index (χ1v) is 8.45. The van der Waals surface area contributed by atoms with E-state index < -0.39 is 5.79 Å². The van der Waals surface area contributed by atoms with Crippen LogP contribution in [-0.2, 0) is 15.3 Å². The van der Waals surface area contributed by atoms with Crippen molar-refractivity contribution >= 4 is 0 Å². The van der Waals surface area contributed by atoms with Crippen LogP contribution in [-0.4, -0.2) is 25.3 Å². The summed E-state index contributed by atoms with van der Waals surface area (Å²) in [6, 6.07) is 10.9. The minimum absolute atomic E-state index is 0.183. The third-order valence-corrected chi connectivity index (χ3v) is 4.69. The highest BCUT2D eigenvalue weighted by Crippen LogP contribution is 2.40. The molecule has 0 unspecified atom stereocenters. The van der Waals surface area contributed by atoms with Crippen LogP contribution in [0.2, 0.25) is 0 Å². The third-order valence-electron chi connectivity index (χ3n) is 4.69. The number of rotatable bonds is 5. The number of ether oxygens (including phenoxy) is 2. The van der Waals surface area contributed by atoms with Crippen molar-refractivity contribution in [2.45, 2.75) is 63.4 Å². The zero-order valence-electron chi connectivity index (χ0n) is 13.0. The Bertz CT molecular complexity index is 430. The van der Waals surface area contributed by atoms with Crippen molar-refractivity contribution in [3.05, 3.63) is 35.9 Å². The lowest BCUT2D eigenvalue weighted by Crippen LogP contribution is -2.45. The zero-order chi connectivity index (χ0) is 14.5. The highest BCUT2D eigenvalue weighted by Gasteiger charge is 2.45. The number of hydrogen-bond acceptors (Lipinski definition) is 3. The second kappa shape index (κ2) is 6.91. The maximum Gasteiger partial charge on any atom is 0.195 e. The Hall–Kier alpha value is -0.900. The quantitative estimate of drug-likeness (QED) is 0.898. The van der Waals surface area contributed by atoms with E-state index in [9.17, 15) is 0 Å². The van der Waals surface area contributed by atoms with Crippen molar-refractivity contribution in [2.75, 3.05) is 13.2 Å². The van der Waals surface area contributed by atoms with Gasteiger partial charge in [0.05, 0.1) is 6.61 Å². The van der Waals surface area contributed by atoms with Crippen LogP contribution in [0.25, 0.3) is 0 Å². The van der Waals surface area contributed by atoms with Crippen LogP contribution >= 0.6 is 0 Å². The molecule has 1 aromatic carbocycles. The summed E-state index contributed by atoms with van der Waals surface area (Å²) in [5, 5.41) is 3.60.